The molecule has 2 fully saturated rings. The number of hydrogen-bond donors (Lipinski definition) is 2. The number of benzene rings is 1. The molecule has 1 atom stereocenters. The summed E-state index contributed by atoms with van der Waals surface area (Å²) in [6, 6.07) is 8.01. The Kier molecular flexibility index (Phi) is 6.67. The van der Waals surface area contributed by atoms with Gasteiger partial charge in [-0.3, -0.25) is 9.59 Å². The summed E-state index contributed by atoms with van der Waals surface area (Å²) in [4.78, 5) is 24.8. The van der Waals surface area contributed by atoms with Crippen LogP contribution in [0.1, 0.15) is 51.0 Å². The van der Waals surface area contributed by atoms with E-state index in [0.717, 1.165) is 57.2 Å². The molecule has 1 aromatic carbocycles. The number of aryl methyl sites for hydroxylation is 1. The highest BCUT2D eigenvalue weighted by molar-refractivity contribution is 5.92. The second-order valence-electron chi connectivity index (χ2n) is 7.47. The van der Waals surface area contributed by atoms with Crippen LogP contribution in [0.5, 0.6) is 0 Å². The van der Waals surface area contributed by atoms with Crippen molar-refractivity contribution in [2.24, 2.45) is 11.8 Å². The Hall–Kier alpha value is -1.88. The molecule has 2 aliphatic rings. The maximum absolute atomic E-state index is 12.5. The lowest BCUT2D eigenvalue weighted by atomic mass is 9.81. The van der Waals surface area contributed by atoms with Gasteiger partial charge in [0.25, 0.3) is 0 Å². The fraction of sp³-hybridized carbons (Fsp3) is 0.619. The highest BCUT2D eigenvalue weighted by Gasteiger charge is 2.30. The van der Waals surface area contributed by atoms with Crippen molar-refractivity contribution in [3.05, 3.63) is 29.8 Å². The lowest BCUT2D eigenvalue weighted by Gasteiger charge is -2.27. The van der Waals surface area contributed by atoms with Crippen LogP contribution in [-0.2, 0) is 20.7 Å². The summed E-state index contributed by atoms with van der Waals surface area (Å²) in [6.07, 6.45) is 6.41. The summed E-state index contributed by atoms with van der Waals surface area (Å²) in [5.41, 5.74) is 2.11. The number of carbonyl (C=O) groups is 2. The molecule has 1 heterocycles. The van der Waals surface area contributed by atoms with Gasteiger partial charge in [0.2, 0.25) is 11.8 Å². The Morgan fingerprint density at radius 1 is 1.00 bits per heavy atom. The zero-order chi connectivity index (χ0) is 18.4. The van der Waals surface area contributed by atoms with Crippen LogP contribution in [0.3, 0.4) is 0 Å². The van der Waals surface area contributed by atoms with Gasteiger partial charge in [-0.05, 0) is 62.6 Å². The average Bonchev–Trinajstić information content (AvgIpc) is 3.20. The van der Waals surface area contributed by atoms with Crippen molar-refractivity contribution in [2.75, 3.05) is 18.5 Å². The first-order chi connectivity index (χ1) is 12.7. The summed E-state index contributed by atoms with van der Waals surface area (Å²) >= 11 is 0. The Morgan fingerprint density at radius 3 is 2.23 bits per heavy atom. The minimum atomic E-state index is 0.00284. The predicted octanol–water partition coefficient (Wildman–Crippen LogP) is 3.29. The fourth-order valence-corrected chi connectivity index (χ4v) is 3.85. The first-order valence-electron chi connectivity index (χ1n) is 9.95. The molecule has 0 bridgehead atoms. The Bertz CT molecular complexity index is 600. The molecule has 0 spiro atoms. The van der Waals surface area contributed by atoms with Gasteiger partial charge in [-0.25, -0.2) is 0 Å². The highest BCUT2D eigenvalue weighted by atomic mass is 16.5. The van der Waals surface area contributed by atoms with Gasteiger partial charge < -0.3 is 15.4 Å². The van der Waals surface area contributed by atoms with Crippen molar-refractivity contribution in [3.63, 3.8) is 0 Å². The molecule has 5 heteroatoms. The summed E-state index contributed by atoms with van der Waals surface area (Å²) in [6.45, 7) is 3.54. The van der Waals surface area contributed by atoms with Gasteiger partial charge in [0.1, 0.15) is 0 Å². The Labute approximate surface area is 155 Å². The number of carbonyl (C=O) groups excluding carboxylic acids is 2. The van der Waals surface area contributed by atoms with Crippen LogP contribution in [0.15, 0.2) is 24.3 Å². The van der Waals surface area contributed by atoms with Crippen molar-refractivity contribution < 1.29 is 14.3 Å². The van der Waals surface area contributed by atoms with Gasteiger partial charge >= 0.3 is 0 Å². The number of ether oxygens (including phenoxy) is 1. The van der Waals surface area contributed by atoms with Crippen LogP contribution in [0.4, 0.5) is 5.69 Å². The first kappa shape index (κ1) is 18.9. The summed E-state index contributed by atoms with van der Waals surface area (Å²) in [7, 11) is 0. The van der Waals surface area contributed by atoms with E-state index in [9.17, 15) is 9.59 Å². The SMILES string of the molecule is CCc1ccc(NC(=O)C2CCC(C(=O)NCC3CCCO3)CC2)cc1. The molecule has 2 N–H and O–H groups in total. The number of anilines is 1. The normalized spacial score (nSPS) is 25.7. The molecule has 1 unspecified atom stereocenters. The molecular weight excluding hydrogens is 328 g/mol. The van der Waals surface area contributed by atoms with Crippen LogP contribution < -0.4 is 10.6 Å². The minimum absolute atomic E-state index is 0.00284. The zero-order valence-electron chi connectivity index (χ0n) is 15.6. The van der Waals surface area contributed by atoms with Crippen LogP contribution in [0.2, 0.25) is 0 Å². The Morgan fingerprint density at radius 2 is 1.65 bits per heavy atom. The van der Waals surface area contributed by atoms with Crippen molar-refractivity contribution in [2.45, 2.75) is 58.0 Å². The van der Waals surface area contributed by atoms with Crippen LogP contribution >= 0.6 is 0 Å². The molecule has 0 aromatic heterocycles. The molecule has 3 rings (SSSR count). The van der Waals surface area contributed by atoms with Crippen molar-refractivity contribution >= 4 is 17.5 Å². The van der Waals surface area contributed by atoms with E-state index in [1.54, 1.807) is 0 Å². The lowest BCUT2D eigenvalue weighted by molar-refractivity contribution is -0.128. The Balaban J connectivity index is 1.40. The maximum Gasteiger partial charge on any atom is 0.227 e. The van der Waals surface area contributed by atoms with Crippen LogP contribution in [0.25, 0.3) is 0 Å². The fourth-order valence-electron chi connectivity index (χ4n) is 3.85. The summed E-state index contributed by atoms with van der Waals surface area (Å²) in [5.74, 6) is 0.231. The van der Waals surface area contributed by atoms with E-state index in [0.29, 0.717) is 6.54 Å². The molecule has 1 aromatic rings. The average molecular weight is 358 g/mol. The van der Waals surface area contributed by atoms with Gasteiger partial charge in [-0.1, -0.05) is 19.1 Å². The first-order valence-corrected chi connectivity index (χ1v) is 9.95. The standard InChI is InChI=1S/C21H30N2O3/c1-2-15-5-11-18(12-6-15)23-21(25)17-9-7-16(8-10-17)20(24)22-14-19-4-3-13-26-19/h5-6,11-12,16-17,19H,2-4,7-10,13-14H2,1H3,(H,22,24)(H,23,25). The highest BCUT2D eigenvalue weighted by Crippen LogP contribution is 2.30. The van der Waals surface area contributed by atoms with E-state index < -0.39 is 0 Å². The smallest absolute Gasteiger partial charge is 0.227 e. The molecule has 0 radical (unpaired) electrons. The quantitative estimate of drug-likeness (QED) is 0.820. The topological polar surface area (TPSA) is 67.4 Å². The maximum atomic E-state index is 12.5. The van der Waals surface area contributed by atoms with E-state index in [2.05, 4.69) is 17.6 Å². The zero-order valence-corrected chi connectivity index (χ0v) is 15.6. The summed E-state index contributed by atoms with van der Waals surface area (Å²) < 4.78 is 5.54. The molecule has 1 aliphatic carbocycles. The van der Waals surface area contributed by atoms with E-state index in [-0.39, 0.29) is 29.8 Å². The minimum Gasteiger partial charge on any atom is -0.376 e. The predicted molar refractivity (Wildman–Crippen MR) is 102 cm³/mol. The summed E-state index contributed by atoms with van der Waals surface area (Å²) in [5, 5.41) is 6.04. The number of nitrogens with one attached hydrogen (secondary N) is 2. The largest absolute Gasteiger partial charge is 0.376 e. The van der Waals surface area contributed by atoms with Gasteiger partial charge in [0.05, 0.1) is 6.10 Å². The second kappa shape index (κ2) is 9.17. The molecule has 5 nitrogen and oxygen atoms in total. The monoisotopic (exact) mass is 358 g/mol. The van der Waals surface area contributed by atoms with Crippen LogP contribution in [-0.4, -0.2) is 31.1 Å². The number of amides is 2. The van der Waals surface area contributed by atoms with Gasteiger partial charge in [-0.15, -0.1) is 0 Å². The van der Waals surface area contributed by atoms with Crippen LogP contribution in [0, 0.1) is 11.8 Å². The van der Waals surface area contributed by atoms with E-state index >= 15 is 0 Å². The third-order valence-electron chi connectivity index (χ3n) is 5.63. The molecular formula is C21H30N2O3. The number of hydrogen-bond acceptors (Lipinski definition) is 3. The van der Waals surface area contributed by atoms with Crippen molar-refractivity contribution in [1.82, 2.24) is 5.32 Å². The lowest BCUT2D eigenvalue weighted by Crippen LogP contribution is -2.38. The van der Waals surface area contributed by atoms with Crippen molar-refractivity contribution in [1.29, 1.82) is 0 Å². The number of rotatable bonds is 6. The van der Waals surface area contributed by atoms with E-state index in [1.165, 1.54) is 5.56 Å². The van der Waals surface area contributed by atoms with Gasteiger partial charge in [0, 0.05) is 30.7 Å². The van der Waals surface area contributed by atoms with Gasteiger partial charge in [-0.2, -0.15) is 0 Å². The molecule has 1 aliphatic heterocycles. The van der Waals surface area contributed by atoms with E-state index in [1.807, 2.05) is 24.3 Å². The third kappa shape index (κ3) is 5.07. The van der Waals surface area contributed by atoms with E-state index in [4.69, 9.17) is 4.74 Å². The second-order valence-corrected chi connectivity index (χ2v) is 7.47. The third-order valence-corrected chi connectivity index (χ3v) is 5.63. The van der Waals surface area contributed by atoms with Crippen molar-refractivity contribution in [3.8, 4) is 0 Å². The molecule has 1 saturated heterocycles. The molecule has 2 amide bonds. The van der Waals surface area contributed by atoms with Gasteiger partial charge in [0.15, 0.2) is 0 Å². The molecule has 1 saturated carbocycles. The molecule has 26 heavy (non-hydrogen) atoms. The molecule has 142 valence electrons.